The summed E-state index contributed by atoms with van der Waals surface area (Å²) in [5.74, 6) is 0. The Morgan fingerprint density at radius 1 is 1.15 bits per heavy atom. The van der Waals surface area contributed by atoms with Crippen LogP contribution >= 0.6 is 27.3 Å². The molecule has 0 amide bonds. The van der Waals surface area contributed by atoms with Crippen molar-refractivity contribution in [1.29, 1.82) is 0 Å². The van der Waals surface area contributed by atoms with Gasteiger partial charge in [0.25, 0.3) is 10.0 Å². The number of fused-ring (bicyclic) bond motifs is 1. The van der Waals surface area contributed by atoms with Crippen LogP contribution in [0.4, 0.5) is 5.00 Å². The lowest BCUT2D eigenvalue weighted by Gasteiger charge is -2.29. The second-order valence-electron chi connectivity index (χ2n) is 6.84. The minimum Gasteiger partial charge on any atom is -0.302 e. The maximum Gasteiger partial charge on any atom is 0.265 e. The summed E-state index contributed by atoms with van der Waals surface area (Å²) in [6, 6.07) is 16.9. The van der Waals surface area contributed by atoms with E-state index in [1.54, 1.807) is 28.6 Å². The van der Waals surface area contributed by atoms with Crippen LogP contribution in [0.5, 0.6) is 0 Å². The molecule has 0 unspecified atom stereocenters. The van der Waals surface area contributed by atoms with Crippen LogP contribution < -0.4 is 4.31 Å². The van der Waals surface area contributed by atoms with Crippen LogP contribution in [-0.4, -0.2) is 39.5 Å². The van der Waals surface area contributed by atoms with E-state index in [0.29, 0.717) is 11.4 Å². The summed E-state index contributed by atoms with van der Waals surface area (Å²) in [7, 11) is -1.57. The second kappa shape index (κ2) is 7.54. The lowest BCUT2D eigenvalue weighted by Crippen LogP contribution is -2.41. The molecule has 0 N–H and O–H groups in total. The summed E-state index contributed by atoms with van der Waals surface area (Å²) in [5.41, 5.74) is 0. The maximum atomic E-state index is 13.5. The molecule has 27 heavy (non-hydrogen) atoms. The Morgan fingerprint density at radius 2 is 1.85 bits per heavy atom. The molecule has 1 fully saturated rings. The number of anilines is 1. The van der Waals surface area contributed by atoms with Gasteiger partial charge in [-0.15, -0.1) is 11.3 Å². The highest BCUT2D eigenvalue weighted by Crippen LogP contribution is 2.44. The summed E-state index contributed by atoms with van der Waals surface area (Å²) < 4.78 is 30.6. The first kappa shape index (κ1) is 18.9. The Kier molecular flexibility index (Phi) is 5.29. The van der Waals surface area contributed by atoms with Gasteiger partial charge in [-0.25, -0.2) is 8.42 Å². The van der Waals surface area contributed by atoms with Crippen molar-refractivity contribution in [3.63, 3.8) is 0 Å². The first-order valence-corrected chi connectivity index (χ1v) is 12.0. The van der Waals surface area contributed by atoms with Gasteiger partial charge in [-0.1, -0.05) is 36.4 Å². The second-order valence-corrected chi connectivity index (χ2v) is 10.5. The number of thiophene rings is 1. The SMILES string of the molecule is CN1CCC[C@H]1CN(c1sc2ccccc2c1Br)S(=O)(=O)c1ccccc1. The molecule has 3 aromatic rings. The van der Waals surface area contributed by atoms with Crippen molar-refractivity contribution < 1.29 is 8.42 Å². The van der Waals surface area contributed by atoms with Gasteiger partial charge in [0.15, 0.2) is 0 Å². The highest BCUT2D eigenvalue weighted by atomic mass is 79.9. The smallest absolute Gasteiger partial charge is 0.265 e. The van der Waals surface area contributed by atoms with Gasteiger partial charge in [0.05, 0.1) is 15.9 Å². The average molecular weight is 465 g/mol. The molecule has 0 bridgehead atoms. The van der Waals surface area contributed by atoms with Crippen LogP contribution in [0.3, 0.4) is 0 Å². The van der Waals surface area contributed by atoms with Crippen molar-refractivity contribution in [3.05, 3.63) is 59.1 Å². The molecule has 0 saturated carbocycles. The molecule has 4 rings (SSSR count). The van der Waals surface area contributed by atoms with Gasteiger partial charge in [-0.2, -0.15) is 0 Å². The van der Waals surface area contributed by atoms with Crippen molar-refractivity contribution in [2.24, 2.45) is 0 Å². The number of halogens is 1. The highest BCUT2D eigenvalue weighted by molar-refractivity contribution is 9.10. The third-order valence-electron chi connectivity index (χ3n) is 5.12. The number of hydrogen-bond acceptors (Lipinski definition) is 4. The molecule has 7 heteroatoms. The summed E-state index contributed by atoms with van der Waals surface area (Å²) >= 11 is 5.19. The Labute approximate surface area is 172 Å². The molecular weight excluding hydrogens is 444 g/mol. The van der Waals surface area contributed by atoms with E-state index in [9.17, 15) is 8.42 Å². The summed E-state index contributed by atoms with van der Waals surface area (Å²) in [5, 5.41) is 1.80. The Balaban J connectivity index is 1.84. The maximum absolute atomic E-state index is 13.5. The lowest BCUT2D eigenvalue weighted by atomic mass is 10.2. The highest BCUT2D eigenvalue weighted by Gasteiger charge is 2.33. The van der Waals surface area contributed by atoms with Crippen LogP contribution in [0.1, 0.15) is 12.8 Å². The Bertz CT molecular complexity index is 1050. The molecule has 1 aliphatic heterocycles. The molecule has 2 heterocycles. The van der Waals surface area contributed by atoms with E-state index in [1.807, 2.05) is 30.3 Å². The van der Waals surface area contributed by atoms with Crippen LogP contribution in [-0.2, 0) is 10.0 Å². The quantitative estimate of drug-likeness (QED) is 0.535. The molecule has 0 aliphatic carbocycles. The summed E-state index contributed by atoms with van der Waals surface area (Å²) in [4.78, 5) is 2.59. The third-order valence-corrected chi connectivity index (χ3v) is 9.28. The number of nitrogens with zero attached hydrogens (tertiary/aromatic N) is 2. The number of benzene rings is 2. The summed E-state index contributed by atoms with van der Waals surface area (Å²) in [6.07, 6.45) is 2.12. The Morgan fingerprint density at radius 3 is 2.52 bits per heavy atom. The molecule has 4 nitrogen and oxygen atoms in total. The van der Waals surface area contributed by atoms with Gasteiger partial charge in [0.2, 0.25) is 0 Å². The van der Waals surface area contributed by atoms with Crippen molar-refractivity contribution in [1.82, 2.24) is 4.90 Å². The van der Waals surface area contributed by atoms with Crippen molar-refractivity contribution >= 4 is 52.4 Å². The zero-order valence-corrected chi connectivity index (χ0v) is 18.2. The van der Waals surface area contributed by atoms with Crippen LogP contribution in [0, 0.1) is 0 Å². The fourth-order valence-corrected chi connectivity index (χ4v) is 7.47. The van der Waals surface area contributed by atoms with E-state index in [-0.39, 0.29) is 6.04 Å². The number of sulfonamides is 1. The van der Waals surface area contributed by atoms with Gasteiger partial charge in [-0.05, 0) is 60.6 Å². The van der Waals surface area contributed by atoms with Gasteiger partial charge in [0, 0.05) is 16.1 Å². The van der Waals surface area contributed by atoms with Gasteiger partial charge >= 0.3 is 0 Å². The van der Waals surface area contributed by atoms with Crippen molar-refractivity contribution in [3.8, 4) is 0 Å². The lowest BCUT2D eigenvalue weighted by molar-refractivity contribution is 0.317. The number of hydrogen-bond donors (Lipinski definition) is 0. The molecule has 1 saturated heterocycles. The number of rotatable bonds is 5. The topological polar surface area (TPSA) is 40.6 Å². The van der Waals surface area contributed by atoms with E-state index in [1.165, 1.54) is 11.3 Å². The average Bonchev–Trinajstić information content (AvgIpc) is 3.23. The van der Waals surface area contributed by atoms with Crippen molar-refractivity contribution in [2.75, 3.05) is 24.4 Å². The zero-order chi connectivity index (χ0) is 19.0. The summed E-state index contributed by atoms with van der Waals surface area (Å²) in [6.45, 7) is 1.47. The molecule has 1 aliphatic rings. The number of likely N-dealkylation sites (N-methyl/N-ethyl adjacent to an activating group) is 1. The molecule has 1 aromatic heterocycles. The van der Waals surface area contributed by atoms with Crippen LogP contribution in [0.25, 0.3) is 10.1 Å². The van der Waals surface area contributed by atoms with Crippen molar-refractivity contribution in [2.45, 2.75) is 23.8 Å². The Hall–Kier alpha value is -1.41. The van der Waals surface area contributed by atoms with Gasteiger partial charge in [-0.3, -0.25) is 4.31 Å². The van der Waals surface area contributed by atoms with E-state index in [4.69, 9.17) is 0 Å². The first-order valence-electron chi connectivity index (χ1n) is 8.93. The predicted molar refractivity (Wildman–Crippen MR) is 116 cm³/mol. The number of likely N-dealkylation sites (tertiary alicyclic amines) is 1. The first-order chi connectivity index (χ1) is 13.0. The van der Waals surface area contributed by atoms with Crippen LogP contribution in [0.15, 0.2) is 64.0 Å². The van der Waals surface area contributed by atoms with E-state index in [0.717, 1.165) is 38.9 Å². The fraction of sp³-hybridized carbons (Fsp3) is 0.300. The van der Waals surface area contributed by atoms with Crippen LogP contribution in [0.2, 0.25) is 0 Å². The van der Waals surface area contributed by atoms with Gasteiger partial charge < -0.3 is 4.90 Å². The van der Waals surface area contributed by atoms with E-state index in [2.05, 4.69) is 27.9 Å². The predicted octanol–water partition coefficient (Wildman–Crippen LogP) is 4.95. The normalized spacial score (nSPS) is 18.2. The minimum atomic E-state index is -3.65. The molecule has 1 atom stereocenters. The van der Waals surface area contributed by atoms with E-state index < -0.39 is 10.0 Å². The van der Waals surface area contributed by atoms with Gasteiger partial charge in [0.1, 0.15) is 5.00 Å². The molecule has 2 aromatic carbocycles. The minimum absolute atomic E-state index is 0.223. The standard InChI is InChI=1S/C20H21BrN2O2S2/c1-22-13-7-8-15(22)14-23(27(24,25)16-9-3-2-4-10-16)20-19(21)17-11-5-6-12-18(17)26-20/h2-6,9-12,15H,7-8,13-14H2,1H3/t15-/m0/s1. The van der Waals surface area contributed by atoms with E-state index >= 15 is 0 Å². The fourth-order valence-electron chi connectivity index (χ4n) is 3.57. The largest absolute Gasteiger partial charge is 0.302 e. The zero-order valence-electron chi connectivity index (χ0n) is 15.0. The molecule has 0 radical (unpaired) electrons. The molecular formula is C20H21BrN2O2S2. The third kappa shape index (κ3) is 3.53. The molecule has 142 valence electrons. The monoisotopic (exact) mass is 464 g/mol. The molecule has 0 spiro atoms.